The van der Waals surface area contributed by atoms with Crippen molar-refractivity contribution in [2.45, 2.75) is 24.7 Å². The molecule has 3 nitrogen and oxygen atoms in total. The summed E-state index contributed by atoms with van der Waals surface area (Å²) in [5.41, 5.74) is 7.22. The first kappa shape index (κ1) is 11.3. The van der Waals surface area contributed by atoms with Crippen molar-refractivity contribution in [2.24, 2.45) is 5.73 Å². The van der Waals surface area contributed by atoms with Gasteiger partial charge in [-0.15, -0.1) is 0 Å². The summed E-state index contributed by atoms with van der Waals surface area (Å²) < 4.78 is 10.6. The Balaban J connectivity index is 2.33. The van der Waals surface area contributed by atoms with Crippen LogP contribution in [-0.2, 0) is 5.41 Å². The molecule has 1 aromatic rings. The van der Waals surface area contributed by atoms with Crippen LogP contribution in [-0.4, -0.2) is 20.8 Å². The van der Waals surface area contributed by atoms with E-state index < -0.39 is 0 Å². The highest BCUT2D eigenvalue weighted by molar-refractivity contribution is 5.47. The summed E-state index contributed by atoms with van der Waals surface area (Å²) >= 11 is 0. The molecule has 1 aliphatic rings. The zero-order valence-electron chi connectivity index (χ0n) is 9.95. The van der Waals surface area contributed by atoms with Gasteiger partial charge in [-0.3, -0.25) is 0 Å². The van der Waals surface area contributed by atoms with E-state index in [4.69, 9.17) is 15.2 Å². The Kier molecular flexibility index (Phi) is 3.06. The standard InChI is InChI=1S/C13H19NO2/c1-15-10-3-4-11(12(9-10)16-2)13(5-6-13)7-8-14/h3-4,9H,5-8,14H2,1-2H3. The van der Waals surface area contributed by atoms with E-state index in [1.54, 1.807) is 14.2 Å². The maximum atomic E-state index is 5.67. The summed E-state index contributed by atoms with van der Waals surface area (Å²) in [6, 6.07) is 6.06. The summed E-state index contributed by atoms with van der Waals surface area (Å²) in [4.78, 5) is 0. The summed E-state index contributed by atoms with van der Waals surface area (Å²) in [5, 5.41) is 0. The van der Waals surface area contributed by atoms with Crippen LogP contribution in [0.25, 0.3) is 0 Å². The fourth-order valence-corrected chi connectivity index (χ4v) is 2.32. The van der Waals surface area contributed by atoms with Crippen LogP contribution < -0.4 is 15.2 Å². The van der Waals surface area contributed by atoms with E-state index in [1.165, 1.54) is 18.4 Å². The zero-order chi connectivity index (χ0) is 11.6. The van der Waals surface area contributed by atoms with Crippen molar-refractivity contribution >= 4 is 0 Å². The van der Waals surface area contributed by atoms with Gasteiger partial charge in [0.05, 0.1) is 14.2 Å². The molecule has 1 fully saturated rings. The molecule has 0 radical (unpaired) electrons. The van der Waals surface area contributed by atoms with Gasteiger partial charge >= 0.3 is 0 Å². The molecule has 0 saturated heterocycles. The molecule has 1 aromatic carbocycles. The average molecular weight is 221 g/mol. The molecule has 0 aromatic heterocycles. The maximum Gasteiger partial charge on any atom is 0.126 e. The van der Waals surface area contributed by atoms with Crippen LogP contribution in [0.4, 0.5) is 0 Å². The fourth-order valence-electron chi connectivity index (χ4n) is 2.32. The van der Waals surface area contributed by atoms with E-state index in [2.05, 4.69) is 6.07 Å². The third kappa shape index (κ3) is 1.87. The Hall–Kier alpha value is -1.22. The molecule has 0 bridgehead atoms. The molecule has 2 N–H and O–H groups in total. The quantitative estimate of drug-likeness (QED) is 0.828. The van der Waals surface area contributed by atoms with Crippen LogP contribution in [0.3, 0.4) is 0 Å². The molecule has 0 spiro atoms. The van der Waals surface area contributed by atoms with E-state index in [1.807, 2.05) is 12.1 Å². The van der Waals surface area contributed by atoms with Gasteiger partial charge in [0.15, 0.2) is 0 Å². The zero-order valence-corrected chi connectivity index (χ0v) is 9.95. The Bertz CT molecular complexity index is 372. The van der Waals surface area contributed by atoms with Crippen LogP contribution in [0.15, 0.2) is 18.2 Å². The van der Waals surface area contributed by atoms with Crippen molar-refractivity contribution in [1.82, 2.24) is 0 Å². The predicted molar refractivity (Wildman–Crippen MR) is 64.1 cm³/mol. The molecule has 0 unspecified atom stereocenters. The first-order chi connectivity index (χ1) is 7.75. The van der Waals surface area contributed by atoms with Crippen molar-refractivity contribution in [3.63, 3.8) is 0 Å². The summed E-state index contributed by atoms with van der Waals surface area (Å²) in [5.74, 6) is 1.76. The smallest absolute Gasteiger partial charge is 0.126 e. The minimum absolute atomic E-state index is 0.270. The van der Waals surface area contributed by atoms with Gasteiger partial charge < -0.3 is 15.2 Å². The summed E-state index contributed by atoms with van der Waals surface area (Å²) in [6.45, 7) is 0.731. The second-order valence-corrected chi connectivity index (χ2v) is 4.39. The molecule has 0 amide bonds. The highest BCUT2D eigenvalue weighted by Gasteiger charge is 2.45. The van der Waals surface area contributed by atoms with Gasteiger partial charge in [0.25, 0.3) is 0 Å². The van der Waals surface area contributed by atoms with Crippen molar-refractivity contribution < 1.29 is 9.47 Å². The van der Waals surface area contributed by atoms with Gasteiger partial charge in [-0.2, -0.15) is 0 Å². The molecular weight excluding hydrogens is 202 g/mol. The molecule has 1 saturated carbocycles. The number of nitrogens with two attached hydrogens (primary N) is 1. The molecule has 2 rings (SSSR count). The second kappa shape index (κ2) is 4.34. The van der Waals surface area contributed by atoms with Crippen LogP contribution in [0.2, 0.25) is 0 Å². The lowest BCUT2D eigenvalue weighted by Crippen LogP contribution is -2.14. The van der Waals surface area contributed by atoms with E-state index in [0.29, 0.717) is 0 Å². The lowest BCUT2D eigenvalue weighted by molar-refractivity contribution is 0.386. The minimum atomic E-state index is 0.270. The van der Waals surface area contributed by atoms with Gasteiger partial charge in [0, 0.05) is 17.0 Å². The van der Waals surface area contributed by atoms with Crippen molar-refractivity contribution in [2.75, 3.05) is 20.8 Å². The molecule has 88 valence electrons. The normalized spacial score (nSPS) is 16.9. The van der Waals surface area contributed by atoms with Gasteiger partial charge in [0.2, 0.25) is 0 Å². The van der Waals surface area contributed by atoms with Gasteiger partial charge in [-0.25, -0.2) is 0 Å². The molecule has 0 heterocycles. The molecule has 1 aliphatic carbocycles. The largest absolute Gasteiger partial charge is 0.497 e. The Morgan fingerprint density at radius 1 is 1.25 bits per heavy atom. The third-order valence-corrected chi connectivity index (χ3v) is 3.46. The number of hydrogen-bond acceptors (Lipinski definition) is 3. The third-order valence-electron chi connectivity index (χ3n) is 3.46. The number of methoxy groups -OCH3 is 2. The summed E-state index contributed by atoms with van der Waals surface area (Å²) in [7, 11) is 3.37. The molecule has 0 aliphatic heterocycles. The molecule has 0 atom stereocenters. The lowest BCUT2D eigenvalue weighted by atomic mass is 9.91. The van der Waals surface area contributed by atoms with Crippen LogP contribution in [0, 0.1) is 0 Å². The van der Waals surface area contributed by atoms with Crippen LogP contribution >= 0.6 is 0 Å². The summed E-state index contributed by atoms with van der Waals surface area (Å²) in [6.07, 6.45) is 3.47. The lowest BCUT2D eigenvalue weighted by Gasteiger charge is -2.18. The highest BCUT2D eigenvalue weighted by Crippen LogP contribution is 2.53. The van der Waals surface area contributed by atoms with E-state index in [0.717, 1.165) is 24.5 Å². The number of rotatable bonds is 5. The highest BCUT2D eigenvalue weighted by atomic mass is 16.5. The monoisotopic (exact) mass is 221 g/mol. The van der Waals surface area contributed by atoms with Crippen molar-refractivity contribution in [3.05, 3.63) is 23.8 Å². The minimum Gasteiger partial charge on any atom is -0.497 e. The van der Waals surface area contributed by atoms with Crippen molar-refractivity contribution in [3.8, 4) is 11.5 Å². The first-order valence-electron chi connectivity index (χ1n) is 5.68. The van der Waals surface area contributed by atoms with Crippen LogP contribution in [0.5, 0.6) is 11.5 Å². The van der Waals surface area contributed by atoms with Gasteiger partial charge in [0.1, 0.15) is 11.5 Å². The van der Waals surface area contributed by atoms with Gasteiger partial charge in [-0.05, 0) is 31.9 Å². The molecule has 3 heteroatoms. The van der Waals surface area contributed by atoms with E-state index in [9.17, 15) is 0 Å². The Morgan fingerprint density at radius 3 is 2.50 bits per heavy atom. The van der Waals surface area contributed by atoms with E-state index >= 15 is 0 Å². The second-order valence-electron chi connectivity index (χ2n) is 4.39. The van der Waals surface area contributed by atoms with E-state index in [-0.39, 0.29) is 5.41 Å². The van der Waals surface area contributed by atoms with Gasteiger partial charge in [-0.1, -0.05) is 6.07 Å². The number of hydrogen-bond donors (Lipinski definition) is 1. The molecular formula is C13H19NO2. The van der Waals surface area contributed by atoms with Crippen molar-refractivity contribution in [1.29, 1.82) is 0 Å². The average Bonchev–Trinajstić information content (AvgIpc) is 3.09. The number of ether oxygens (including phenoxy) is 2. The SMILES string of the molecule is COc1ccc(C2(CCN)CC2)c(OC)c1. The molecule has 16 heavy (non-hydrogen) atoms. The Labute approximate surface area is 96.5 Å². The maximum absolute atomic E-state index is 5.67. The Morgan fingerprint density at radius 2 is 2.00 bits per heavy atom. The predicted octanol–water partition coefficient (Wildman–Crippen LogP) is 2.08. The first-order valence-corrected chi connectivity index (χ1v) is 5.68. The van der Waals surface area contributed by atoms with Crippen LogP contribution in [0.1, 0.15) is 24.8 Å². The number of benzene rings is 1. The fraction of sp³-hybridized carbons (Fsp3) is 0.538. The topological polar surface area (TPSA) is 44.5 Å².